The van der Waals surface area contributed by atoms with Crippen LogP contribution in [-0.2, 0) is 26.8 Å². The molecule has 2 aromatic rings. The van der Waals surface area contributed by atoms with Gasteiger partial charge in [-0.05, 0) is 32.0 Å². The topological polar surface area (TPSA) is 111 Å². The molecule has 9 heteroatoms. The third-order valence-electron chi connectivity index (χ3n) is 3.24. The van der Waals surface area contributed by atoms with Crippen molar-refractivity contribution in [2.75, 3.05) is 0 Å². The van der Waals surface area contributed by atoms with E-state index < -0.39 is 16.0 Å². The van der Waals surface area contributed by atoms with Crippen molar-refractivity contribution in [3.8, 4) is 0 Å². The van der Waals surface area contributed by atoms with Crippen molar-refractivity contribution < 1.29 is 22.5 Å². The number of carbonyl (C=O) groups excluding carboxylic acids is 1. The first kappa shape index (κ1) is 20.1. The number of nitrogens with zero attached hydrogens (tertiary/aromatic N) is 2. The second kappa shape index (κ2) is 7.55. The summed E-state index contributed by atoms with van der Waals surface area (Å²) in [6.45, 7) is 9.04. The minimum absolute atomic E-state index is 0.00606. The first-order chi connectivity index (χ1) is 12.0. The smallest absolute Gasteiger partial charge is 0.338 e. The van der Waals surface area contributed by atoms with Crippen molar-refractivity contribution >= 4 is 16.0 Å². The standard InChI is InChI=1S/C17H23N3O5S/c1-11(2)20-26(22,23)13-8-6-7-12(9-13)15(21)24-10-14-18-16(19-25-14)17(3,4)5/h6-9,11,20H,10H2,1-5H3. The molecule has 0 radical (unpaired) electrons. The highest BCUT2D eigenvalue weighted by Gasteiger charge is 2.22. The van der Waals surface area contributed by atoms with E-state index in [1.54, 1.807) is 13.8 Å². The summed E-state index contributed by atoms with van der Waals surface area (Å²) in [6, 6.07) is 5.38. The predicted molar refractivity (Wildman–Crippen MR) is 94.0 cm³/mol. The lowest BCUT2D eigenvalue weighted by atomic mass is 9.96. The number of rotatable bonds is 6. The van der Waals surface area contributed by atoms with Crippen molar-refractivity contribution in [1.82, 2.24) is 14.9 Å². The average Bonchev–Trinajstić information content (AvgIpc) is 3.01. The molecular formula is C17H23N3O5S. The fourth-order valence-electron chi connectivity index (χ4n) is 2.00. The third kappa shape index (κ3) is 5.12. The summed E-state index contributed by atoms with van der Waals surface area (Å²) in [5.41, 5.74) is -0.162. The van der Waals surface area contributed by atoms with Crippen LogP contribution >= 0.6 is 0 Å². The first-order valence-corrected chi connectivity index (χ1v) is 9.60. The lowest BCUT2D eigenvalue weighted by Gasteiger charge is -2.11. The molecule has 0 unspecified atom stereocenters. The van der Waals surface area contributed by atoms with Gasteiger partial charge in [-0.15, -0.1) is 0 Å². The zero-order valence-corrected chi connectivity index (χ0v) is 16.3. The average molecular weight is 381 g/mol. The Bertz CT molecular complexity index is 882. The minimum Gasteiger partial charge on any atom is -0.452 e. The van der Waals surface area contributed by atoms with Crippen LogP contribution in [0.2, 0.25) is 0 Å². The number of ether oxygens (including phenoxy) is 1. The monoisotopic (exact) mass is 381 g/mol. The van der Waals surface area contributed by atoms with Crippen LogP contribution in [0.3, 0.4) is 0 Å². The van der Waals surface area contributed by atoms with E-state index in [4.69, 9.17) is 9.26 Å². The molecule has 0 bridgehead atoms. The van der Waals surface area contributed by atoms with Crippen LogP contribution < -0.4 is 4.72 Å². The molecule has 8 nitrogen and oxygen atoms in total. The molecule has 0 aliphatic heterocycles. The van der Waals surface area contributed by atoms with E-state index in [2.05, 4.69) is 14.9 Å². The highest BCUT2D eigenvalue weighted by Crippen LogP contribution is 2.19. The van der Waals surface area contributed by atoms with Gasteiger partial charge in [0.25, 0.3) is 5.89 Å². The molecule has 1 aromatic heterocycles. The normalized spacial score (nSPS) is 12.4. The molecule has 1 heterocycles. The van der Waals surface area contributed by atoms with Gasteiger partial charge in [-0.25, -0.2) is 17.9 Å². The number of hydrogen-bond donors (Lipinski definition) is 1. The number of carbonyl (C=O) groups is 1. The molecule has 142 valence electrons. The van der Waals surface area contributed by atoms with Gasteiger partial charge < -0.3 is 9.26 Å². The SMILES string of the molecule is CC(C)NS(=O)(=O)c1cccc(C(=O)OCc2nc(C(C)(C)C)no2)c1. The Kier molecular flexibility index (Phi) is 5.82. The molecule has 1 aromatic carbocycles. The quantitative estimate of drug-likeness (QED) is 0.765. The molecule has 0 fully saturated rings. The Morgan fingerprint density at radius 2 is 2.00 bits per heavy atom. The highest BCUT2D eigenvalue weighted by atomic mass is 32.2. The Morgan fingerprint density at radius 3 is 2.58 bits per heavy atom. The van der Waals surface area contributed by atoms with Gasteiger partial charge in [0.2, 0.25) is 10.0 Å². The van der Waals surface area contributed by atoms with Crippen LogP contribution in [0.15, 0.2) is 33.7 Å². The van der Waals surface area contributed by atoms with Gasteiger partial charge in [-0.2, -0.15) is 4.98 Å². The van der Waals surface area contributed by atoms with E-state index in [9.17, 15) is 13.2 Å². The van der Waals surface area contributed by atoms with Crippen molar-refractivity contribution in [2.45, 2.75) is 57.6 Å². The summed E-state index contributed by atoms with van der Waals surface area (Å²) in [7, 11) is -3.69. The van der Waals surface area contributed by atoms with E-state index in [0.29, 0.717) is 5.82 Å². The fourth-order valence-corrected chi connectivity index (χ4v) is 3.29. The Morgan fingerprint density at radius 1 is 1.31 bits per heavy atom. The van der Waals surface area contributed by atoms with E-state index in [1.807, 2.05) is 20.8 Å². The largest absolute Gasteiger partial charge is 0.452 e. The summed E-state index contributed by atoms with van der Waals surface area (Å²) >= 11 is 0. The zero-order valence-electron chi connectivity index (χ0n) is 15.4. The Hall–Kier alpha value is -2.26. The van der Waals surface area contributed by atoms with Crippen LogP contribution in [0.1, 0.15) is 56.7 Å². The molecule has 26 heavy (non-hydrogen) atoms. The molecular weight excluding hydrogens is 358 g/mol. The van der Waals surface area contributed by atoms with Gasteiger partial charge in [0.05, 0.1) is 10.5 Å². The second-order valence-corrected chi connectivity index (χ2v) is 8.86. The molecule has 1 N–H and O–H groups in total. The Labute approximate surface area is 153 Å². The van der Waals surface area contributed by atoms with Crippen LogP contribution in [0.5, 0.6) is 0 Å². The lowest BCUT2D eigenvalue weighted by molar-refractivity contribution is 0.0429. The highest BCUT2D eigenvalue weighted by molar-refractivity contribution is 7.89. The molecule has 0 aliphatic rings. The van der Waals surface area contributed by atoms with Crippen molar-refractivity contribution in [2.24, 2.45) is 0 Å². The van der Waals surface area contributed by atoms with E-state index in [1.165, 1.54) is 24.3 Å². The number of hydrogen-bond acceptors (Lipinski definition) is 7. The van der Waals surface area contributed by atoms with Crippen molar-refractivity contribution in [3.05, 3.63) is 41.5 Å². The lowest BCUT2D eigenvalue weighted by Crippen LogP contribution is -2.30. The number of sulfonamides is 1. The maximum Gasteiger partial charge on any atom is 0.338 e. The number of benzene rings is 1. The maximum atomic E-state index is 12.2. The van der Waals surface area contributed by atoms with E-state index in [0.717, 1.165) is 0 Å². The Balaban J connectivity index is 2.08. The minimum atomic E-state index is -3.69. The van der Waals surface area contributed by atoms with E-state index in [-0.39, 0.29) is 34.4 Å². The van der Waals surface area contributed by atoms with Gasteiger partial charge in [0, 0.05) is 11.5 Å². The van der Waals surface area contributed by atoms with Crippen molar-refractivity contribution in [1.29, 1.82) is 0 Å². The van der Waals surface area contributed by atoms with Gasteiger partial charge >= 0.3 is 5.97 Å². The first-order valence-electron chi connectivity index (χ1n) is 8.11. The molecule has 0 saturated carbocycles. The summed E-state index contributed by atoms with van der Waals surface area (Å²) < 4.78 is 37.1. The van der Waals surface area contributed by atoms with Gasteiger partial charge in [-0.1, -0.05) is 32.0 Å². The summed E-state index contributed by atoms with van der Waals surface area (Å²) in [4.78, 5) is 16.4. The van der Waals surface area contributed by atoms with Crippen molar-refractivity contribution in [3.63, 3.8) is 0 Å². The van der Waals surface area contributed by atoms with E-state index >= 15 is 0 Å². The molecule has 0 aliphatic carbocycles. The summed E-state index contributed by atoms with van der Waals surface area (Å²) in [6.07, 6.45) is 0. The van der Waals surface area contributed by atoms with Crippen LogP contribution in [0.25, 0.3) is 0 Å². The molecule has 0 spiro atoms. The van der Waals surface area contributed by atoms with Gasteiger partial charge in [0.15, 0.2) is 12.4 Å². The summed E-state index contributed by atoms with van der Waals surface area (Å²) in [5.74, 6) is 0.00651. The zero-order chi connectivity index (χ0) is 19.5. The van der Waals surface area contributed by atoms with Crippen LogP contribution in [-0.4, -0.2) is 30.6 Å². The van der Waals surface area contributed by atoms with Crippen LogP contribution in [0.4, 0.5) is 0 Å². The predicted octanol–water partition coefficient (Wildman–Crippen LogP) is 2.41. The van der Waals surface area contributed by atoms with Gasteiger partial charge in [-0.3, -0.25) is 0 Å². The summed E-state index contributed by atoms with van der Waals surface area (Å²) in [5, 5.41) is 3.85. The fraction of sp³-hybridized carbons (Fsp3) is 0.471. The second-order valence-electron chi connectivity index (χ2n) is 7.14. The molecule has 0 amide bonds. The molecule has 0 atom stereocenters. The number of aromatic nitrogens is 2. The number of esters is 1. The van der Waals surface area contributed by atoms with Gasteiger partial charge in [0.1, 0.15) is 0 Å². The molecule has 2 rings (SSSR count). The molecule has 0 saturated heterocycles. The number of nitrogens with one attached hydrogen (secondary N) is 1. The third-order valence-corrected chi connectivity index (χ3v) is 4.89. The maximum absolute atomic E-state index is 12.2. The van der Waals surface area contributed by atoms with Crippen LogP contribution in [0, 0.1) is 0 Å².